The summed E-state index contributed by atoms with van der Waals surface area (Å²) in [5.41, 5.74) is 5.09. The Morgan fingerprint density at radius 2 is 1.78 bits per heavy atom. The highest BCUT2D eigenvalue weighted by Gasteiger charge is 2.23. The fraction of sp³-hybridized carbons (Fsp3) is 1.00. The minimum absolute atomic E-state index is 0.149. The van der Waals surface area contributed by atoms with E-state index in [1.807, 2.05) is 20.8 Å². The molecule has 1 aliphatic heterocycles. The normalized spacial score (nSPS) is 21.2. The Hall–Kier alpha value is -0.200. The molecule has 108 valence electrons. The third-order valence-electron chi connectivity index (χ3n) is 3.20. The first kappa shape index (κ1) is 15.9. The molecule has 0 saturated carbocycles. The predicted molar refractivity (Wildman–Crippen MR) is 73.6 cm³/mol. The number of β-amino-alcohol motifs (C(OH)–C–C–N with tert-alkyl or cyclic N) is 1. The van der Waals surface area contributed by atoms with E-state index in [1.165, 1.54) is 0 Å². The number of hydrogen-bond acceptors (Lipinski definition) is 5. The zero-order valence-electron chi connectivity index (χ0n) is 12.1. The van der Waals surface area contributed by atoms with Gasteiger partial charge in [-0.25, -0.2) is 0 Å². The number of piperazine rings is 1. The van der Waals surface area contributed by atoms with E-state index in [2.05, 4.69) is 9.80 Å². The van der Waals surface area contributed by atoms with Gasteiger partial charge in [-0.3, -0.25) is 9.80 Å². The van der Waals surface area contributed by atoms with Crippen LogP contribution in [0.5, 0.6) is 0 Å². The monoisotopic (exact) mass is 259 g/mol. The average molecular weight is 259 g/mol. The second-order valence-electron chi connectivity index (χ2n) is 5.70. The molecule has 1 heterocycles. The van der Waals surface area contributed by atoms with E-state index in [1.54, 1.807) is 0 Å². The molecule has 3 N–H and O–H groups in total. The summed E-state index contributed by atoms with van der Waals surface area (Å²) in [6, 6.07) is 0. The predicted octanol–water partition coefficient (Wildman–Crippen LogP) is -0.261. The van der Waals surface area contributed by atoms with Crippen molar-refractivity contribution in [1.82, 2.24) is 9.80 Å². The van der Waals surface area contributed by atoms with Crippen LogP contribution in [0.3, 0.4) is 0 Å². The summed E-state index contributed by atoms with van der Waals surface area (Å²) in [4.78, 5) is 4.71. The Labute approximate surface area is 111 Å². The standard InChI is InChI=1S/C13H29N3O2/c1-4-18-12(9-14)10-15-5-7-16(8-6-15)11-13(2,3)17/h12,17H,4-11,14H2,1-3H3. The molecule has 0 bridgehead atoms. The van der Waals surface area contributed by atoms with Gasteiger partial charge in [0.1, 0.15) is 0 Å². The summed E-state index contributed by atoms with van der Waals surface area (Å²) in [5, 5.41) is 9.80. The third-order valence-corrected chi connectivity index (χ3v) is 3.20. The maximum absolute atomic E-state index is 9.80. The van der Waals surface area contributed by atoms with Crippen molar-refractivity contribution in [3.63, 3.8) is 0 Å². The lowest BCUT2D eigenvalue weighted by atomic mass is 10.1. The van der Waals surface area contributed by atoms with E-state index >= 15 is 0 Å². The van der Waals surface area contributed by atoms with Gasteiger partial charge in [-0.05, 0) is 20.8 Å². The highest BCUT2D eigenvalue weighted by molar-refractivity contribution is 4.79. The van der Waals surface area contributed by atoms with E-state index in [9.17, 15) is 5.11 Å². The van der Waals surface area contributed by atoms with E-state index in [-0.39, 0.29) is 6.10 Å². The number of aliphatic hydroxyl groups is 1. The maximum Gasteiger partial charge on any atom is 0.0823 e. The molecule has 1 fully saturated rings. The summed E-state index contributed by atoms with van der Waals surface area (Å²) in [6.07, 6.45) is 0.149. The number of nitrogens with zero attached hydrogens (tertiary/aromatic N) is 2. The Balaban J connectivity index is 2.26. The summed E-state index contributed by atoms with van der Waals surface area (Å²) >= 11 is 0. The van der Waals surface area contributed by atoms with E-state index in [0.29, 0.717) is 6.54 Å². The number of ether oxygens (including phenoxy) is 1. The van der Waals surface area contributed by atoms with Crippen molar-refractivity contribution in [3.8, 4) is 0 Å². The SMILES string of the molecule is CCOC(CN)CN1CCN(CC(C)(C)O)CC1. The lowest BCUT2D eigenvalue weighted by Crippen LogP contribution is -2.52. The van der Waals surface area contributed by atoms with Crippen molar-refractivity contribution in [2.75, 3.05) is 52.4 Å². The van der Waals surface area contributed by atoms with Crippen LogP contribution in [0.2, 0.25) is 0 Å². The molecule has 18 heavy (non-hydrogen) atoms. The summed E-state index contributed by atoms with van der Waals surface area (Å²) in [7, 11) is 0. The van der Waals surface area contributed by atoms with Crippen LogP contribution in [0.15, 0.2) is 0 Å². The van der Waals surface area contributed by atoms with Crippen LogP contribution in [-0.2, 0) is 4.74 Å². The van der Waals surface area contributed by atoms with E-state index in [4.69, 9.17) is 10.5 Å². The van der Waals surface area contributed by atoms with Gasteiger partial charge in [0.05, 0.1) is 11.7 Å². The molecule has 0 radical (unpaired) electrons. The highest BCUT2D eigenvalue weighted by atomic mass is 16.5. The highest BCUT2D eigenvalue weighted by Crippen LogP contribution is 2.09. The smallest absolute Gasteiger partial charge is 0.0823 e. The lowest BCUT2D eigenvalue weighted by molar-refractivity contribution is -0.000813. The second-order valence-corrected chi connectivity index (χ2v) is 5.70. The quantitative estimate of drug-likeness (QED) is 0.659. The molecular formula is C13H29N3O2. The molecule has 1 aliphatic rings. The van der Waals surface area contributed by atoms with Gasteiger partial charge in [-0.1, -0.05) is 0 Å². The van der Waals surface area contributed by atoms with Crippen molar-refractivity contribution in [2.24, 2.45) is 5.73 Å². The molecule has 1 saturated heterocycles. The van der Waals surface area contributed by atoms with Crippen LogP contribution in [-0.4, -0.2) is 79.0 Å². The van der Waals surface area contributed by atoms with E-state index < -0.39 is 5.60 Å². The van der Waals surface area contributed by atoms with Gasteiger partial charge in [-0.2, -0.15) is 0 Å². The molecule has 1 rings (SSSR count). The van der Waals surface area contributed by atoms with Gasteiger partial charge in [-0.15, -0.1) is 0 Å². The first-order valence-corrected chi connectivity index (χ1v) is 6.93. The Bertz CT molecular complexity index is 223. The zero-order valence-corrected chi connectivity index (χ0v) is 12.1. The van der Waals surface area contributed by atoms with Gasteiger partial charge < -0.3 is 15.6 Å². The topological polar surface area (TPSA) is 62.0 Å². The molecule has 0 aromatic heterocycles. The molecule has 1 atom stereocenters. The van der Waals surface area contributed by atoms with Gasteiger partial charge >= 0.3 is 0 Å². The van der Waals surface area contributed by atoms with Gasteiger partial charge in [0.25, 0.3) is 0 Å². The van der Waals surface area contributed by atoms with Crippen LogP contribution in [0.1, 0.15) is 20.8 Å². The van der Waals surface area contributed by atoms with Gasteiger partial charge in [0.15, 0.2) is 0 Å². The lowest BCUT2D eigenvalue weighted by Gasteiger charge is -2.38. The number of nitrogens with two attached hydrogens (primary N) is 1. The number of rotatable bonds is 7. The summed E-state index contributed by atoms with van der Waals surface area (Å²) < 4.78 is 5.58. The average Bonchev–Trinajstić information content (AvgIpc) is 2.29. The largest absolute Gasteiger partial charge is 0.389 e. The molecule has 5 nitrogen and oxygen atoms in total. The third kappa shape index (κ3) is 6.11. The van der Waals surface area contributed by atoms with Crippen molar-refractivity contribution in [1.29, 1.82) is 0 Å². The Morgan fingerprint density at radius 3 is 2.22 bits per heavy atom. The van der Waals surface area contributed by atoms with Crippen molar-refractivity contribution < 1.29 is 9.84 Å². The Kier molecular flexibility index (Phi) is 6.52. The maximum atomic E-state index is 9.80. The summed E-state index contributed by atoms with van der Waals surface area (Å²) in [6.45, 7) is 12.8. The van der Waals surface area contributed by atoms with Crippen molar-refractivity contribution in [2.45, 2.75) is 32.5 Å². The minimum atomic E-state index is -0.604. The van der Waals surface area contributed by atoms with E-state index in [0.717, 1.165) is 45.9 Å². The van der Waals surface area contributed by atoms with Gasteiger partial charge in [0.2, 0.25) is 0 Å². The van der Waals surface area contributed by atoms with Crippen LogP contribution in [0.4, 0.5) is 0 Å². The number of hydrogen-bond donors (Lipinski definition) is 2. The summed E-state index contributed by atoms with van der Waals surface area (Å²) in [5.74, 6) is 0. The van der Waals surface area contributed by atoms with Crippen molar-refractivity contribution >= 4 is 0 Å². The van der Waals surface area contributed by atoms with Crippen molar-refractivity contribution in [3.05, 3.63) is 0 Å². The molecule has 0 aromatic carbocycles. The molecule has 5 heteroatoms. The van der Waals surface area contributed by atoms with Crippen LogP contribution >= 0.6 is 0 Å². The Morgan fingerprint density at radius 1 is 1.22 bits per heavy atom. The molecule has 0 spiro atoms. The van der Waals surface area contributed by atoms with Crippen LogP contribution < -0.4 is 5.73 Å². The molecule has 0 amide bonds. The second kappa shape index (κ2) is 7.40. The van der Waals surface area contributed by atoms with Crippen LogP contribution in [0, 0.1) is 0 Å². The fourth-order valence-corrected chi connectivity index (χ4v) is 2.40. The first-order valence-electron chi connectivity index (χ1n) is 6.93. The zero-order chi connectivity index (χ0) is 13.6. The van der Waals surface area contributed by atoms with Gasteiger partial charge in [0, 0.05) is 52.4 Å². The van der Waals surface area contributed by atoms with Crippen LogP contribution in [0.25, 0.3) is 0 Å². The molecule has 0 aliphatic carbocycles. The minimum Gasteiger partial charge on any atom is -0.389 e. The first-order chi connectivity index (χ1) is 8.44. The molecular weight excluding hydrogens is 230 g/mol. The fourth-order valence-electron chi connectivity index (χ4n) is 2.40. The molecule has 0 aromatic rings. The molecule has 1 unspecified atom stereocenters.